The molecule has 0 atom stereocenters. The van der Waals surface area contributed by atoms with Gasteiger partial charge in [-0.05, 0) is 96.1 Å². The van der Waals surface area contributed by atoms with Gasteiger partial charge in [-0.3, -0.25) is 0 Å². The first kappa shape index (κ1) is 56.9. The van der Waals surface area contributed by atoms with Crippen molar-refractivity contribution in [2.75, 3.05) is 13.2 Å². The zero-order valence-corrected chi connectivity index (χ0v) is 39.5. The van der Waals surface area contributed by atoms with Crippen molar-refractivity contribution < 1.29 is 4.74 Å². The average Bonchev–Trinajstić information content (AvgIpc) is 3.20. The molecule has 0 heterocycles. The minimum Gasteiger partial charge on any atom is -0.380 e. The Hall–Kier alpha value is -0.820. The predicted octanol–water partition coefficient (Wildman–Crippen LogP) is 17.8. The van der Waals surface area contributed by atoms with Crippen LogP contribution in [0.1, 0.15) is 251 Å². The Morgan fingerprint density at radius 1 is 0.353 bits per heavy atom. The van der Waals surface area contributed by atoms with E-state index in [1.807, 2.05) is 0 Å². The molecular formula is C50H102O. The number of hydrogen-bond donors (Lipinski definition) is 0. The molecule has 51 heavy (non-hydrogen) atoms. The van der Waals surface area contributed by atoms with E-state index in [9.17, 15) is 0 Å². The number of benzene rings is 1. The summed E-state index contributed by atoms with van der Waals surface area (Å²) in [5, 5.41) is 0. The van der Waals surface area contributed by atoms with E-state index in [-0.39, 0.29) is 0 Å². The molecule has 0 N–H and O–H groups in total. The van der Waals surface area contributed by atoms with Crippen molar-refractivity contribution in [3.63, 3.8) is 0 Å². The van der Waals surface area contributed by atoms with Crippen molar-refractivity contribution in [2.24, 2.45) is 21.7 Å². The van der Waals surface area contributed by atoms with Crippen molar-refractivity contribution >= 4 is 0 Å². The fourth-order valence-corrected chi connectivity index (χ4v) is 6.65. The van der Waals surface area contributed by atoms with Crippen LogP contribution >= 0.6 is 0 Å². The number of ether oxygens (including phenoxy) is 1. The molecule has 1 heteroatoms. The minimum absolute atomic E-state index is 0.418. The van der Waals surface area contributed by atoms with Gasteiger partial charge in [-0.15, -0.1) is 0 Å². The average molecular weight is 719 g/mol. The first-order chi connectivity index (χ1) is 24.2. The molecule has 0 amide bonds. The van der Waals surface area contributed by atoms with E-state index in [4.69, 9.17) is 4.74 Å². The highest BCUT2D eigenvalue weighted by Crippen LogP contribution is 2.35. The number of unbranched alkanes of at least 4 members (excludes halogenated alkanes) is 2. The van der Waals surface area contributed by atoms with E-state index < -0.39 is 0 Å². The van der Waals surface area contributed by atoms with Crippen LogP contribution in [-0.2, 0) is 24.0 Å². The Morgan fingerprint density at radius 3 is 0.686 bits per heavy atom. The maximum atomic E-state index is 6.11. The maximum absolute atomic E-state index is 6.11. The van der Waals surface area contributed by atoms with E-state index >= 15 is 0 Å². The SMILES string of the molecule is CCC(C)(CC)CC.CCC(CC)(CC)CC.CCC(CC)(CC)COCC(CC)(CC)CC.CCCCC.CCc1cc(CC)cc(CC)c1. The fraction of sp³-hybridized carbons (Fsp3) is 0.880. The van der Waals surface area contributed by atoms with Crippen LogP contribution in [0.2, 0.25) is 0 Å². The number of rotatable bonds is 22. The molecule has 0 spiro atoms. The predicted molar refractivity (Wildman–Crippen MR) is 240 cm³/mol. The van der Waals surface area contributed by atoms with Gasteiger partial charge in [0, 0.05) is 0 Å². The summed E-state index contributed by atoms with van der Waals surface area (Å²) < 4.78 is 6.11. The summed E-state index contributed by atoms with van der Waals surface area (Å²) in [5.41, 5.74) is 6.56. The highest BCUT2D eigenvalue weighted by atomic mass is 16.5. The highest BCUT2D eigenvalue weighted by molar-refractivity contribution is 5.30. The molecule has 0 fully saturated rings. The molecule has 0 aromatic heterocycles. The molecule has 308 valence electrons. The Morgan fingerprint density at radius 2 is 0.588 bits per heavy atom. The van der Waals surface area contributed by atoms with Crippen LogP contribution in [0.25, 0.3) is 0 Å². The van der Waals surface area contributed by atoms with Crippen LogP contribution in [-0.4, -0.2) is 13.2 Å². The van der Waals surface area contributed by atoms with Crippen LogP contribution in [0.5, 0.6) is 0 Å². The van der Waals surface area contributed by atoms with Crippen LogP contribution in [0, 0.1) is 21.7 Å². The van der Waals surface area contributed by atoms with Gasteiger partial charge >= 0.3 is 0 Å². The summed E-state index contributed by atoms with van der Waals surface area (Å²) in [6.07, 6.45) is 24.3. The molecule has 0 saturated carbocycles. The second-order valence-corrected chi connectivity index (χ2v) is 16.0. The zero-order valence-electron chi connectivity index (χ0n) is 39.5. The van der Waals surface area contributed by atoms with E-state index in [1.54, 1.807) is 0 Å². The van der Waals surface area contributed by atoms with Gasteiger partial charge in [0.2, 0.25) is 0 Å². The van der Waals surface area contributed by atoms with Gasteiger partial charge in [-0.2, -0.15) is 0 Å². The molecule has 0 aliphatic heterocycles. The van der Waals surface area contributed by atoms with Gasteiger partial charge in [0.15, 0.2) is 0 Å². The zero-order chi connectivity index (χ0) is 40.4. The molecule has 0 aliphatic rings. The van der Waals surface area contributed by atoms with Gasteiger partial charge in [0.25, 0.3) is 0 Å². The lowest BCUT2D eigenvalue weighted by atomic mass is 9.78. The third-order valence-corrected chi connectivity index (χ3v) is 13.9. The molecule has 1 rings (SSSR count). The molecule has 0 aliphatic carbocycles. The van der Waals surface area contributed by atoms with Crippen molar-refractivity contribution in [1.29, 1.82) is 0 Å². The third-order valence-electron chi connectivity index (χ3n) is 13.9. The van der Waals surface area contributed by atoms with Crippen LogP contribution in [0.3, 0.4) is 0 Å². The van der Waals surface area contributed by atoms with Crippen molar-refractivity contribution in [1.82, 2.24) is 0 Å². The van der Waals surface area contributed by atoms with Crippen LogP contribution < -0.4 is 0 Å². The largest absolute Gasteiger partial charge is 0.380 e. The first-order valence-corrected chi connectivity index (χ1v) is 22.9. The van der Waals surface area contributed by atoms with Gasteiger partial charge in [0.05, 0.1) is 13.2 Å². The summed E-state index contributed by atoms with van der Waals surface area (Å²) in [7, 11) is 0. The lowest BCUT2D eigenvalue weighted by Gasteiger charge is -2.34. The summed E-state index contributed by atoms with van der Waals surface area (Å²) in [6.45, 7) is 45.1. The topological polar surface area (TPSA) is 9.23 Å². The maximum Gasteiger partial charge on any atom is 0.0522 e. The van der Waals surface area contributed by atoms with E-state index in [0.29, 0.717) is 21.7 Å². The molecule has 0 radical (unpaired) electrons. The summed E-state index contributed by atoms with van der Waals surface area (Å²) >= 11 is 0. The van der Waals surface area contributed by atoms with Crippen molar-refractivity contribution in [3.05, 3.63) is 34.9 Å². The molecule has 1 aromatic carbocycles. The molecule has 1 aromatic rings. The molecule has 0 bridgehead atoms. The van der Waals surface area contributed by atoms with Crippen molar-refractivity contribution in [3.8, 4) is 0 Å². The number of hydrogen-bond acceptors (Lipinski definition) is 1. The van der Waals surface area contributed by atoms with Gasteiger partial charge in [-0.25, -0.2) is 0 Å². The van der Waals surface area contributed by atoms with Crippen LogP contribution in [0.15, 0.2) is 18.2 Å². The highest BCUT2D eigenvalue weighted by Gasteiger charge is 2.28. The quantitative estimate of drug-likeness (QED) is 0.116. The lowest BCUT2D eigenvalue weighted by Crippen LogP contribution is -2.30. The first-order valence-electron chi connectivity index (χ1n) is 22.9. The molecule has 0 unspecified atom stereocenters. The minimum atomic E-state index is 0.418. The molecular weight excluding hydrogens is 617 g/mol. The Kier molecular flexibility index (Phi) is 39.0. The number of aryl methyl sites for hydroxylation is 3. The summed E-state index contributed by atoms with van der Waals surface area (Å²) in [6, 6.07) is 6.96. The van der Waals surface area contributed by atoms with E-state index in [0.717, 1.165) is 32.5 Å². The van der Waals surface area contributed by atoms with Crippen LogP contribution in [0.4, 0.5) is 0 Å². The van der Waals surface area contributed by atoms with E-state index in [1.165, 1.54) is 119 Å². The second kappa shape index (κ2) is 34.9. The standard InChI is InChI=1S/C16H34O.C12H18.C9H20.C8H18.C5H12/c1-7-15(8-2,9-3)13-17-14-16(10-4,11-5)12-6;1-4-10-7-11(5-2)9-12(6-3)8-10;1-5-9(6-2,7-3)8-4;1-5-8(4,6-2)7-3;1-3-5-4-2/h7-14H2,1-6H3;7-9H,4-6H2,1-3H3;5-8H2,1-4H3;5-7H2,1-4H3;3-5H2,1-2H3. The summed E-state index contributed by atoms with van der Waals surface area (Å²) in [5.74, 6) is 0. The second-order valence-electron chi connectivity index (χ2n) is 16.0. The smallest absolute Gasteiger partial charge is 0.0522 e. The van der Waals surface area contributed by atoms with Gasteiger partial charge in [0.1, 0.15) is 0 Å². The normalized spacial score (nSPS) is 11.6. The molecule has 0 saturated heterocycles. The Balaban J connectivity index is -0.000000286. The van der Waals surface area contributed by atoms with E-state index in [2.05, 4.69) is 150 Å². The Bertz CT molecular complexity index is 715. The monoisotopic (exact) mass is 719 g/mol. The van der Waals surface area contributed by atoms with Crippen molar-refractivity contribution in [2.45, 2.75) is 254 Å². The molecule has 1 nitrogen and oxygen atoms in total. The van der Waals surface area contributed by atoms with Gasteiger partial charge < -0.3 is 4.74 Å². The Labute approximate surface area is 327 Å². The fourth-order valence-electron chi connectivity index (χ4n) is 6.65. The summed E-state index contributed by atoms with van der Waals surface area (Å²) in [4.78, 5) is 0. The lowest BCUT2D eigenvalue weighted by molar-refractivity contribution is -0.0181. The van der Waals surface area contributed by atoms with Gasteiger partial charge in [-0.1, -0.05) is 214 Å². The third kappa shape index (κ3) is 25.0.